The van der Waals surface area contributed by atoms with Crippen molar-refractivity contribution in [3.8, 4) is 0 Å². The Kier molecular flexibility index (Phi) is 9.70. The topological polar surface area (TPSA) is 57.3 Å². The fourth-order valence-corrected chi connectivity index (χ4v) is 4.12. The Morgan fingerprint density at radius 3 is 2.48 bits per heavy atom. The molecule has 0 saturated carbocycles. The monoisotopic (exact) mass is 446 g/mol. The van der Waals surface area contributed by atoms with Gasteiger partial charge in [-0.2, -0.15) is 0 Å². The molecule has 3 aromatic rings. The van der Waals surface area contributed by atoms with Gasteiger partial charge in [0.1, 0.15) is 5.82 Å². The summed E-state index contributed by atoms with van der Waals surface area (Å²) in [6.07, 6.45) is 5.94. The number of aromatic nitrogens is 1. The maximum absolute atomic E-state index is 12.8. The number of aryl methyl sites for hydroxylation is 1. The van der Waals surface area contributed by atoms with Crippen molar-refractivity contribution in [1.82, 2.24) is 15.6 Å². The third kappa shape index (κ3) is 7.03. The van der Waals surface area contributed by atoms with Crippen LogP contribution in [0.3, 0.4) is 0 Å². The lowest BCUT2D eigenvalue weighted by atomic mass is 10.1. The molecule has 0 aliphatic heterocycles. The van der Waals surface area contributed by atoms with Gasteiger partial charge in [-0.05, 0) is 66.9 Å². The average molecular weight is 447 g/mol. The number of fused-ring (bicyclic) bond motifs is 1. The number of anilines is 1. The molecule has 0 bridgehead atoms. The predicted molar refractivity (Wildman–Crippen MR) is 139 cm³/mol. The van der Waals surface area contributed by atoms with Crippen LogP contribution in [0.4, 0.5) is 5.82 Å². The number of nitrogens with zero attached hydrogens (tertiary/aromatic N) is 2. The molecule has 0 aliphatic carbocycles. The van der Waals surface area contributed by atoms with E-state index in [-0.39, 0.29) is 5.91 Å². The van der Waals surface area contributed by atoms with Crippen LogP contribution in [0.5, 0.6) is 0 Å². The molecule has 0 fully saturated rings. The highest BCUT2D eigenvalue weighted by Crippen LogP contribution is 2.26. The lowest BCUT2D eigenvalue weighted by Gasteiger charge is -2.24. The molecule has 176 valence electrons. The number of rotatable bonds is 13. The summed E-state index contributed by atoms with van der Waals surface area (Å²) in [5, 5.41) is 8.70. The Bertz CT molecular complexity index is 1030. The minimum atomic E-state index is -0.0279. The molecule has 0 aliphatic rings. The molecule has 0 spiro atoms. The van der Waals surface area contributed by atoms with Crippen molar-refractivity contribution in [2.24, 2.45) is 0 Å². The lowest BCUT2D eigenvalue weighted by molar-refractivity contribution is 0.0953. The van der Waals surface area contributed by atoms with Gasteiger partial charge in [-0.15, -0.1) is 0 Å². The molecule has 0 radical (unpaired) electrons. The van der Waals surface area contributed by atoms with Crippen molar-refractivity contribution in [3.63, 3.8) is 0 Å². The minimum Gasteiger partial charge on any atom is -0.356 e. The lowest BCUT2D eigenvalue weighted by Crippen LogP contribution is -2.27. The molecule has 5 nitrogen and oxygen atoms in total. The molecule has 33 heavy (non-hydrogen) atoms. The van der Waals surface area contributed by atoms with Crippen molar-refractivity contribution in [1.29, 1.82) is 0 Å². The van der Waals surface area contributed by atoms with Crippen LogP contribution in [0.2, 0.25) is 0 Å². The standard InChI is InChI=1S/C28H38N4O/c1-4-17-32(18-5-2)27-26-20-25(12-11-24(26)13-16-30-27)28(33)31-15-8-14-29-21-23-10-7-9-22(6-3)19-23/h7,9-13,16,19-20,29H,4-6,8,14-15,17-18,21H2,1-3H3,(H,31,33). The van der Waals surface area contributed by atoms with Gasteiger partial charge in [0.15, 0.2) is 0 Å². The van der Waals surface area contributed by atoms with Crippen molar-refractivity contribution in [3.05, 3.63) is 71.4 Å². The quantitative estimate of drug-likeness (QED) is 0.348. The van der Waals surface area contributed by atoms with E-state index < -0.39 is 0 Å². The summed E-state index contributed by atoms with van der Waals surface area (Å²) < 4.78 is 0. The fourth-order valence-electron chi connectivity index (χ4n) is 4.12. The molecule has 2 N–H and O–H groups in total. The summed E-state index contributed by atoms with van der Waals surface area (Å²) in [4.78, 5) is 19.8. The molecule has 1 amide bonds. The van der Waals surface area contributed by atoms with Crippen LogP contribution >= 0.6 is 0 Å². The van der Waals surface area contributed by atoms with Gasteiger partial charge in [-0.1, -0.05) is 51.1 Å². The summed E-state index contributed by atoms with van der Waals surface area (Å²) in [6, 6.07) is 16.6. The Balaban J connectivity index is 1.54. The van der Waals surface area contributed by atoms with Crippen LogP contribution in [0, 0.1) is 0 Å². The first kappa shape index (κ1) is 24.7. The summed E-state index contributed by atoms with van der Waals surface area (Å²) in [6.45, 7) is 10.8. The second kappa shape index (κ2) is 12.9. The van der Waals surface area contributed by atoms with Crippen molar-refractivity contribution in [2.75, 3.05) is 31.1 Å². The van der Waals surface area contributed by atoms with Crippen molar-refractivity contribution < 1.29 is 4.79 Å². The van der Waals surface area contributed by atoms with Crippen molar-refractivity contribution >= 4 is 22.5 Å². The maximum atomic E-state index is 12.8. The van der Waals surface area contributed by atoms with Gasteiger partial charge in [-0.3, -0.25) is 4.79 Å². The molecule has 0 atom stereocenters. The highest BCUT2D eigenvalue weighted by molar-refractivity contribution is 6.01. The molecule has 1 heterocycles. The second-order valence-electron chi connectivity index (χ2n) is 8.52. The predicted octanol–water partition coefficient (Wildman–Crippen LogP) is 5.33. The van der Waals surface area contributed by atoms with E-state index in [1.165, 1.54) is 11.1 Å². The third-order valence-corrected chi connectivity index (χ3v) is 5.84. The molecule has 2 aromatic carbocycles. The van der Waals surface area contributed by atoms with E-state index in [1.54, 1.807) is 0 Å². The van der Waals surface area contributed by atoms with Crippen LogP contribution in [0.15, 0.2) is 54.7 Å². The number of carbonyl (C=O) groups excluding carboxylic acids is 1. The highest BCUT2D eigenvalue weighted by atomic mass is 16.1. The number of benzene rings is 2. The zero-order valence-corrected chi connectivity index (χ0v) is 20.4. The molecular formula is C28H38N4O. The van der Waals surface area contributed by atoms with E-state index in [0.29, 0.717) is 12.1 Å². The van der Waals surface area contributed by atoms with Crippen LogP contribution in [-0.4, -0.2) is 37.1 Å². The summed E-state index contributed by atoms with van der Waals surface area (Å²) in [5.74, 6) is 0.946. The zero-order chi connectivity index (χ0) is 23.5. The van der Waals surface area contributed by atoms with Gasteiger partial charge in [0.05, 0.1) is 0 Å². The van der Waals surface area contributed by atoms with E-state index in [9.17, 15) is 4.79 Å². The van der Waals surface area contributed by atoms with E-state index in [2.05, 4.69) is 65.6 Å². The molecule has 3 rings (SSSR count). The summed E-state index contributed by atoms with van der Waals surface area (Å²) >= 11 is 0. The first-order valence-electron chi connectivity index (χ1n) is 12.4. The first-order chi connectivity index (χ1) is 16.2. The Morgan fingerprint density at radius 1 is 0.939 bits per heavy atom. The third-order valence-electron chi connectivity index (χ3n) is 5.84. The Hall–Kier alpha value is -2.92. The SMILES string of the molecule is CCCN(CCC)c1nccc2ccc(C(=O)NCCCNCc3cccc(CC)c3)cc12. The largest absolute Gasteiger partial charge is 0.356 e. The van der Waals surface area contributed by atoms with E-state index in [1.807, 2.05) is 30.5 Å². The number of nitrogens with one attached hydrogen (secondary N) is 2. The van der Waals surface area contributed by atoms with Gasteiger partial charge in [-0.25, -0.2) is 4.98 Å². The van der Waals surface area contributed by atoms with Crippen LogP contribution in [-0.2, 0) is 13.0 Å². The Morgan fingerprint density at radius 2 is 1.73 bits per heavy atom. The van der Waals surface area contributed by atoms with Gasteiger partial charge < -0.3 is 15.5 Å². The fraction of sp³-hybridized carbons (Fsp3) is 0.429. The Labute approximate surface area is 198 Å². The van der Waals surface area contributed by atoms with Gasteiger partial charge in [0.25, 0.3) is 5.91 Å². The van der Waals surface area contributed by atoms with E-state index >= 15 is 0 Å². The number of hydrogen-bond donors (Lipinski definition) is 2. The van der Waals surface area contributed by atoms with Crippen LogP contribution < -0.4 is 15.5 Å². The maximum Gasteiger partial charge on any atom is 0.251 e. The molecule has 1 aromatic heterocycles. The molecule has 5 heteroatoms. The van der Waals surface area contributed by atoms with Gasteiger partial charge >= 0.3 is 0 Å². The van der Waals surface area contributed by atoms with Gasteiger partial charge in [0.2, 0.25) is 0 Å². The highest BCUT2D eigenvalue weighted by Gasteiger charge is 2.13. The molecular weight excluding hydrogens is 408 g/mol. The van der Waals surface area contributed by atoms with Crippen LogP contribution in [0.1, 0.15) is 61.5 Å². The second-order valence-corrected chi connectivity index (χ2v) is 8.52. The van der Waals surface area contributed by atoms with Crippen LogP contribution in [0.25, 0.3) is 10.8 Å². The molecule has 0 saturated heterocycles. The minimum absolute atomic E-state index is 0.0279. The number of amides is 1. The first-order valence-corrected chi connectivity index (χ1v) is 12.4. The zero-order valence-electron chi connectivity index (χ0n) is 20.4. The normalized spacial score (nSPS) is 11.0. The number of carbonyl (C=O) groups is 1. The van der Waals surface area contributed by atoms with E-state index in [0.717, 1.165) is 68.5 Å². The van der Waals surface area contributed by atoms with E-state index in [4.69, 9.17) is 0 Å². The summed E-state index contributed by atoms with van der Waals surface area (Å²) in [5.41, 5.74) is 3.36. The summed E-state index contributed by atoms with van der Waals surface area (Å²) in [7, 11) is 0. The van der Waals surface area contributed by atoms with Gasteiger partial charge in [0, 0.05) is 43.3 Å². The number of hydrogen-bond acceptors (Lipinski definition) is 4. The number of pyridine rings is 1. The smallest absolute Gasteiger partial charge is 0.251 e. The average Bonchev–Trinajstić information content (AvgIpc) is 2.85. The molecule has 0 unspecified atom stereocenters. The van der Waals surface area contributed by atoms with Crippen molar-refractivity contribution in [2.45, 2.75) is 53.0 Å².